The van der Waals surface area contributed by atoms with E-state index in [4.69, 9.17) is 9.47 Å². The van der Waals surface area contributed by atoms with Crippen LogP contribution in [-0.2, 0) is 11.2 Å². The summed E-state index contributed by atoms with van der Waals surface area (Å²) in [5.74, 6) is 3.84. The van der Waals surface area contributed by atoms with E-state index in [1.54, 1.807) is 7.11 Å². The second kappa shape index (κ2) is 12.3. The monoisotopic (exact) mass is 388 g/mol. The lowest BCUT2D eigenvalue weighted by atomic mass is 10.1. The average molecular weight is 389 g/mol. The molecule has 1 fully saturated rings. The highest BCUT2D eigenvalue weighted by Crippen LogP contribution is 2.28. The molecule has 1 amide bonds. The second-order valence-electron chi connectivity index (χ2n) is 5.80. The van der Waals surface area contributed by atoms with E-state index in [0.29, 0.717) is 25.6 Å². The fourth-order valence-electron chi connectivity index (χ4n) is 2.71. The molecule has 25 heavy (non-hydrogen) atoms. The van der Waals surface area contributed by atoms with Gasteiger partial charge in [0.2, 0.25) is 5.91 Å². The predicted octanol–water partition coefficient (Wildman–Crippen LogP) is 2.66. The standard InChI is InChI=1S/C18H28N2O3S.ClH/c1-3-23-17-11-14(6-7-16(17)22-2)5-4-8-20-18(21)12-15-13-24-10-9-19-15;/h6-7,11,15,19H,3-5,8-10,12-13H2,1-2H3,(H,20,21);1H. The minimum absolute atomic E-state index is 0. The van der Waals surface area contributed by atoms with Crippen LogP contribution in [0.15, 0.2) is 18.2 Å². The lowest BCUT2D eigenvalue weighted by molar-refractivity contribution is -0.121. The molecule has 1 aromatic rings. The van der Waals surface area contributed by atoms with Crippen molar-refractivity contribution in [3.63, 3.8) is 0 Å². The summed E-state index contributed by atoms with van der Waals surface area (Å²) in [5.41, 5.74) is 1.19. The molecular formula is C18H29ClN2O3S. The molecule has 1 aromatic carbocycles. The van der Waals surface area contributed by atoms with Gasteiger partial charge < -0.3 is 20.1 Å². The largest absolute Gasteiger partial charge is 0.493 e. The summed E-state index contributed by atoms with van der Waals surface area (Å²) >= 11 is 1.91. The number of hydrogen-bond acceptors (Lipinski definition) is 5. The summed E-state index contributed by atoms with van der Waals surface area (Å²) in [6.07, 6.45) is 2.39. The third-order valence-electron chi connectivity index (χ3n) is 3.92. The summed E-state index contributed by atoms with van der Waals surface area (Å²) < 4.78 is 10.9. The van der Waals surface area contributed by atoms with E-state index in [1.165, 1.54) is 5.56 Å². The minimum Gasteiger partial charge on any atom is -0.493 e. The number of hydrogen-bond donors (Lipinski definition) is 2. The van der Waals surface area contributed by atoms with E-state index >= 15 is 0 Å². The Bertz CT molecular complexity index is 525. The van der Waals surface area contributed by atoms with Crippen LogP contribution in [0.3, 0.4) is 0 Å². The molecule has 7 heteroatoms. The Morgan fingerprint density at radius 3 is 2.92 bits per heavy atom. The van der Waals surface area contributed by atoms with E-state index in [0.717, 1.165) is 42.4 Å². The van der Waals surface area contributed by atoms with Crippen LogP contribution < -0.4 is 20.1 Å². The normalized spacial score (nSPS) is 16.6. The zero-order valence-electron chi connectivity index (χ0n) is 15.0. The molecule has 1 heterocycles. The van der Waals surface area contributed by atoms with Gasteiger partial charge in [-0.2, -0.15) is 11.8 Å². The van der Waals surface area contributed by atoms with Gasteiger partial charge >= 0.3 is 0 Å². The Morgan fingerprint density at radius 1 is 1.40 bits per heavy atom. The molecule has 0 radical (unpaired) electrons. The number of amides is 1. The number of carbonyl (C=O) groups is 1. The van der Waals surface area contributed by atoms with Crippen LogP contribution >= 0.6 is 24.2 Å². The molecule has 0 saturated carbocycles. The Kier molecular flexibility index (Phi) is 10.8. The number of carbonyl (C=O) groups excluding carboxylic acids is 1. The van der Waals surface area contributed by atoms with E-state index in [1.807, 2.05) is 36.9 Å². The van der Waals surface area contributed by atoms with Crippen LogP contribution in [0.2, 0.25) is 0 Å². The Labute approximate surface area is 161 Å². The summed E-state index contributed by atoms with van der Waals surface area (Å²) in [6.45, 7) is 4.28. The van der Waals surface area contributed by atoms with Crippen molar-refractivity contribution in [3.05, 3.63) is 23.8 Å². The van der Waals surface area contributed by atoms with Crippen molar-refractivity contribution < 1.29 is 14.3 Å². The molecule has 0 spiro atoms. The first kappa shape index (κ1) is 21.9. The highest BCUT2D eigenvalue weighted by atomic mass is 35.5. The molecule has 1 saturated heterocycles. The van der Waals surface area contributed by atoms with E-state index in [2.05, 4.69) is 10.6 Å². The first-order chi connectivity index (χ1) is 11.7. The van der Waals surface area contributed by atoms with Gasteiger partial charge in [0.1, 0.15) is 0 Å². The molecular weight excluding hydrogens is 360 g/mol. The van der Waals surface area contributed by atoms with Gasteiger partial charge in [-0.05, 0) is 37.5 Å². The van der Waals surface area contributed by atoms with Gasteiger partial charge in [-0.3, -0.25) is 4.79 Å². The minimum atomic E-state index is 0. The first-order valence-electron chi connectivity index (χ1n) is 8.60. The summed E-state index contributed by atoms with van der Waals surface area (Å²) in [7, 11) is 1.65. The van der Waals surface area contributed by atoms with Crippen molar-refractivity contribution in [1.29, 1.82) is 0 Å². The maximum atomic E-state index is 11.9. The molecule has 1 unspecified atom stereocenters. The Hall–Kier alpha value is -1.11. The Balaban J connectivity index is 0.00000312. The van der Waals surface area contributed by atoms with Crippen molar-refractivity contribution in [1.82, 2.24) is 10.6 Å². The third-order valence-corrected chi connectivity index (χ3v) is 5.05. The first-order valence-corrected chi connectivity index (χ1v) is 9.76. The van der Waals surface area contributed by atoms with Crippen LogP contribution in [0.5, 0.6) is 11.5 Å². The van der Waals surface area contributed by atoms with Crippen LogP contribution in [0, 0.1) is 0 Å². The fraction of sp³-hybridized carbons (Fsp3) is 0.611. The zero-order chi connectivity index (χ0) is 17.2. The smallest absolute Gasteiger partial charge is 0.221 e. The van der Waals surface area contributed by atoms with E-state index in [9.17, 15) is 4.79 Å². The van der Waals surface area contributed by atoms with E-state index < -0.39 is 0 Å². The average Bonchev–Trinajstić information content (AvgIpc) is 2.60. The SMILES string of the molecule is CCOc1cc(CCCNC(=O)CC2CSCCN2)ccc1OC.Cl. The molecule has 142 valence electrons. The van der Waals surface area contributed by atoms with Crippen LogP contribution in [0.1, 0.15) is 25.3 Å². The fourth-order valence-corrected chi connectivity index (χ4v) is 3.66. The van der Waals surface area contributed by atoms with Gasteiger partial charge in [0, 0.05) is 37.1 Å². The van der Waals surface area contributed by atoms with Gasteiger partial charge in [0.25, 0.3) is 0 Å². The number of ether oxygens (including phenoxy) is 2. The number of rotatable bonds is 9. The van der Waals surface area contributed by atoms with Crippen molar-refractivity contribution in [2.75, 3.05) is 38.3 Å². The molecule has 1 aliphatic heterocycles. The number of halogens is 1. The molecule has 1 atom stereocenters. The predicted molar refractivity (Wildman–Crippen MR) is 106 cm³/mol. The lowest BCUT2D eigenvalue weighted by Gasteiger charge is -2.22. The quantitative estimate of drug-likeness (QED) is 0.637. The van der Waals surface area contributed by atoms with Crippen molar-refractivity contribution in [2.24, 2.45) is 0 Å². The summed E-state index contributed by atoms with van der Waals surface area (Å²) in [5, 5.41) is 6.41. The highest BCUT2D eigenvalue weighted by molar-refractivity contribution is 7.99. The number of nitrogens with one attached hydrogen (secondary N) is 2. The molecule has 2 rings (SSSR count). The number of methoxy groups -OCH3 is 1. The number of aryl methyl sites for hydroxylation is 1. The second-order valence-corrected chi connectivity index (χ2v) is 6.95. The lowest BCUT2D eigenvalue weighted by Crippen LogP contribution is -2.41. The van der Waals surface area contributed by atoms with Gasteiger partial charge in [-0.1, -0.05) is 6.07 Å². The van der Waals surface area contributed by atoms with Crippen LogP contribution in [0.25, 0.3) is 0 Å². The molecule has 0 aliphatic carbocycles. The van der Waals surface area contributed by atoms with Gasteiger partial charge in [-0.25, -0.2) is 0 Å². The summed E-state index contributed by atoms with van der Waals surface area (Å²) in [6, 6.07) is 6.32. The maximum Gasteiger partial charge on any atom is 0.221 e. The molecule has 1 aliphatic rings. The van der Waals surface area contributed by atoms with E-state index in [-0.39, 0.29) is 18.3 Å². The topological polar surface area (TPSA) is 59.6 Å². The van der Waals surface area contributed by atoms with Crippen molar-refractivity contribution in [3.8, 4) is 11.5 Å². The van der Waals surface area contributed by atoms with Gasteiger partial charge in [0.15, 0.2) is 11.5 Å². The zero-order valence-corrected chi connectivity index (χ0v) is 16.6. The third kappa shape index (κ3) is 7.75. The highest BCUT2D eigenvalue weighted by Gasteiger charge is 2.16. The molecule has 0 bridgehead atoms. The number of benzene rings is 1. The summed E-state index contributed by atoms with van der Waals surface area (Å²) in [4.78, 5) is 11.9. The van der Waals surface area contributed by atoms with Gasteiger partial charge in [-0.15, -0.1) is 12.4 Å². The van der Waals surface area contributed by atoms with Crippen LogP contribution in [-0.4, -0.2) is 50.3 Å². The van der Waals surface area contributed by atoms with Crippen LogP contribution in [0.4, 0.5) is 0 Å². The van der Waals surface area contributed by atoms with Crippen molar-refractivity contribution >= 4 is 30.1 Å². The number of thioether (sulfide) groups is 1. The Morgan fingerprint density at radius 2 is 2.24 bits per heavy atom. The van der Waals surface area contributed by atoms with Gasteiger partial charge in [0.05, 0.1) is 13.7 Å². The molecule has 2 N–H and O–H groups in total. The molecule has 5 nitrogen and oxygen atoms in total. The molecule has 0 aromatic heterocycles. The maximum absolute atomic E-state index is 11.9. The van der Waals surface area contributed by atoms with Crippen molar-refractivity contribution in [2.45, 2.75) is 32.2 Å².